The first-order chi connectivity index (χ1) is 13.4. The first-order valence-corrected chi connectivity index (χ1v) is 8.83. The molecular formula is C21H21F2N3O2. The third-order valence-electron chi connectivity index (χ3n) is 4.33. The van der Waals surface area contributed by atoms with Crippen LogP contribution in [0, 0.1) is 25.5 Å². The van der Waals surface area contributed by atoms with Gasteiger partial charge in [0.15, 0.2) is 17.4 Å². The normalized spacial score (nSPS) is 10.8. The largest absolute Gasteiger partial charge is 0.494 e. The average molecular weight is 385 g/mol. The highest BCUT2D eigenvalue weighted by Gasteiger charge is 2.12. The molecule has 1 heterocycles. The van der Waals surface area contributed by atoms with E-state index in [2.05, 4.69) is 10.4 Å². The smallest absolute Gasteiger partial charge is 0.224 e. The van der Waals surface area contributed by atoms with Crippen molar-refractivity contribution in [1.82, 2.24) is 9.78 Å². The Kier molecular flexibility index (Phi) is 5.73. The van der Waals surface area contributed by atoms with Gasteiger partial charge in [0, 0.05) is 17.8 Å². The van der Waals surface area contributed by atoms with E-state index in [1.54, 1.807) is 18.2 Å². The molecule has 0 aliphatic carbocycles. The molecule has 28 heavy (non-hydrogen) atoms. The first kappa shape index (κ1) is 19.5. The zero-order valence-electron chi connectivity index (χ0n) is 15.9. The lowest BCUT2D eigenvalue weighted by atomic mass is 10.1. The van der Waals surface area contributed by atoms with Crippen LogP contribution in [0.3, 0.4) is 0 Å². The molecule has 0 aliphatic rings. The Hall–Kier alpha value is -3.22. The number of carbonyl (C=O) groups excluding carboxylic acids is 1. The highest BCUT2D eigenvalue weighted by Crippen LogP contribution is 2.21. The second kappa shape index (κ2) is 8.21. The van der Waals surface area contributed by atoms with Crippen molar-refractivity contribution in [2.24, 2.45) is 0 Å². The van der Waals surface area contributed by atoms with Gasteiger partial charge in [-0.15, -0.1) is 0 Å². The lowest BCUT2D eigenvalue weighted by Crippen LogP contribution is -2.13. The number of halogens is 2. The summed E-state index contributed by atoms with van der Waals surface area (Å²) in [5, 5.41) is 6.93. The maximum Gasteiger partial charge on any atom is 0.224 e. The Morgan fingerprint density at radius 2 is 1.89 bits per heavy atom. The Balaban J connectivity index is 1.63. The second-order valence-electron chi connectivity index (χ2n) is 6.52. The molecule has 0 aliphatic heterocycles. The Labute approximate surface area is 161 Å². The minimum Gasteiger partial charge on any atom is -0.494 e. The van der Waals surface area contributed by atoms with Gasteiger partial charge in [-0.3, -0.25) is 4.79 Å². The van der Waals surface area contributed by atoms with Gasteiger partial charge < -0.3 is 10.1 Å². The zero-order chi connectivity index (χ0) is 20.3. The number of rotatable bonds is 6. The summed E-state index contributed by atoms with van der Waals surface area (Å²) in [4.78, 5) is 12.1. The molecule has 0 bridgehead atoms. The molecule has 1 amide bonds. The highest BCUT2D eigenvalue weighted by molar-refractivity contribution is 5.90. The van der Waals surface area contributed by atoms with Crippen molar-refractivity contribution in [2.45, 2.75) is 26.7 Å². The van der Waals surface area contributed by atoms with Gasteiger partial charge in [-0.05, 0) is 62.2 Å². The van der Waals surface area contributed by atoms with Crippen LogP contribution in [0.2, 0.25) is 0 Å². The van der Waals surface area contributed by atoms with Crippen molar-refractivity contribution in [3.8, 4) is 11.4 Å². The van der Waals surface area contributed by atoms with Gasteiger partial charge in [0.2, 0.25) is 5.91 Å². The molecule has 0 fully saturated rings. The summed E-state index contributed by atoms with van der Waals surface area (Å²) in [6, 6.07) is 10.9. The van der Waals surface area contributed by atoms with Crippen molar-refractivity contribution < 1.29 is 18.3 Å². The van der Waals surface area contributed by atoms with Gasteiger partial charge in [0.1, 0.15) is 5.69 Å². The van der Waals surface area contributed by atoms with Crippen molar-refractivity contribution in [3.05, 3.63) is 71.1 Å². The van der Waals surface area contributed by atoms with Gasteiger partial charge in [0.25, 0.3) is 0 Å². The lowest BCUT2D eigenvalue weighted by Gasteiger charge is -2.10. The van der Waals surface area contributed by atoms with Crippen LogP contribution in [0.4, 0.5) is 14.5 Å². The number of nitrogens with one attached hydrogen (secondary N) is 1. The minimum atomic E-state index is -0.485. The summed E-state index contributed by atoms with van der Waals surface area (Å²) >= 11 is 0. The van der Waals surface area contributed by atoms with E-state index >= 15 is 0 Å². The van der Waals surface area contributed by atoms with Crippen molar-refractivity contribution in [1.29, 1.82) is 0 Å². The van der Waals surface area contributed by atoms with E-state index in [-0.39, 0.29) is 18.1 Å². The molecule has 0 saturated carbocycles. The summed E-state index contributed by atoms with van der Waals surface area (Å²) in [7, 11) is 1.39. The van der Waals surface area contributed by atoms with Gasteiger partial charge in [-0.1, -0.05) is 6.07 Å². The van der Waals surface area contributed by atoms with E-state index in [0.717, 1.165) is 11.4 Å². The number of amides is 1. The van der Waals surface area contributed by atoms with E-state index in [1.165, 1.54) is 30.0 Å². The number of benzene rings is 2. The first-order valence-electron chi connectivity index (χ1n) is 8.83. The number of hydrogen-bond acceptors (Lipinski definition) is 3. The number of aryl methyl sites for hydroxylation is 3. The number of ether oxygens (including phenoxy) is 1. The number of methoxy groups -OCH3 is 1. The summed E-state index contributed by atoms with van der Waals surface area (Å²) in [6.07, 6.45) is 0.506. The lowest BCUT2D eigenvalue weighted by molar-refractivity contribution is -0.116. The molecule has 0 radical (unpaired) electrons. The second-order valence-corrected chi connectivity index (χ2v) is 6.52. The number of hydrogen-bond donors (Lipinski definition) is 1. The molecule has 1 aromatic heterocycles. The maximum atomic E-state index is 14.5. The monoisotopic (exact) mass is 385 g/mol. The van der Waals surface area contributed by atoms with Gasteiger partial charge in [0.05, 0.1) is 12.8 Å². The summed E-state index contributed by atoms with van der Waals surface area (Å²) < 4.78 is 34.6. The molecule has 3 rings (SSSR count). The SMILES string of the molecule is COc1ccc(CCC(=O)Nc2ccc(-n3nc(C)cc3C)c(F)c2)cc1F. The third kappa shape index (κ3) is 4.36. The number of nitrogens with zero attached hydrogens (tertiary/aromatic N) is 2. The topological polar surface area (TPSA) is 56.1 Å². The molecule has 1 N–H and O–H groups in total. The molecule has 3 aromatic rings. The predicted molar refractivity (Wildman–Crippen MR) is 103 cm³/mol. The summed E-state index contributed by atoms with van der Waals surface area (Å²) in [6.45, 7) is 3.68. The Bertz CT molecular complexity index is 1010. The summed E-state index contributed by atoms with van der Waals surface area (Å²) in [5.41, 5.74) is 2.97. The fourth-order valence-electron chi connectivity index (χ4n) is 2.98. The van der Waals surface area contributed by atoms with E-state index < -0.39 is 11.6 Å². The van der Waals surface area contributed by atoms with Crippen LogP contribution >= 0.6 is 0 Å². The van der Waals surface area contributed by atoms with Gasteiger partial charge in [-0.2, -0.15) is 5.10 Å². The molecule has 0 atom stereocenters. The van der Waals surface area contributed by atoms with Crippen LogP contribution in [0.5, 0.6) is 5.75 Å². The fraction of sp³-hybridized carbons (Fsp3) is 0.238. The van der Waals surface area contributed by atoms with E-state index in [9.17, 15) is 13.6 Å². The van der Waals surface area contributed by atoms with Crippen LogP contribution in [0.15, 0.2) is 42.5 Å². The van der Waals surface area contributed by atoms with Gasteiger partial charge >= 0.3 is 0 Å². The third-order valence-corrected chi connectivity index (χ3v) is 4.33. The molecule has 2 aromatic carbocycles. The molecule has 0 unspecified atom stereocenters. The molecule has 5 nitrogen and oxygen atoms in total. The zero-order valence-corrected chi connectivity index (χ0v) is 15.9. The summed E-state index contributed by atoms with van der Waals surface area (Å²) in [5.74, 6) is -1.08. The molecule has 146 valence electrons. The Morgan fingerprint density at radius 1 is 1.11 bits per heavy atom. The van der Waals surface area contributed by atoms with E-state index in [4.69, 9.17) is 4.74 Å². The highest BCUT2D eigenvalue weighted by atomic mass is 19.1. The molecular weight excluding hydrogens is 364 g/mol. The number of aromatic nitrogens is 2. The van der Waals surface area contributed by atoms with E-state index in [0.29, 0.717) is 23.4 Å². The maximum absolute atomic E-state index is 14.5. The van der Waals surface area contributed by atoms with Crippen molar-refractivity contribution in [3.63, 3.8) is 0 Å². The quantitative estimate of drug-likeness (QED) is 0.686. The average Bonchev–Trinajstić information content (AvgIpc) is 2.98. The van der Waals surface area contributed by atoms with Crippen molar-refractivity contribution in [2.75, 3.05) is 12.4 Å². The molecule has 0 saturated heterocycles. The van der Waals surface area contributed by atoms with Crippen molar-refractivity contribution >= 4 is 11.6 Å². The van der Waals surface area contributed by atoms with E-state index in [1.807, 2.05) is 19.9 Å². The van der Waals surface area contributed by atoms with Crippen LogP contribution < -0.4 is 10.1 Å². The Morgan fingerprint density at radius 3 is 2.50 bits per heavy atom. The minimum absolute atomic E-state index is 0.145. The number of anilines is 1. The van der Waals surface area contributed by atoms with Crippen LogP contribution in [-0.4, -0.2) is 22.8 Å². The standard InChI is InChI=1S/C21H21F2N3O2/c1-13-10-14(2)26(25-13)19-7-6-16(12-17(19)22)24-21(27)9-5-15-4-8-20(28-3)18(23)11-15/h4,6-8,10-12H,5,9H2,1-3H3,(H,24,27). The fourth-order valence-corrected chi connectivity index (χ4v) is 2.98. The number of carbonyl (C=O) groups is 1. The van der Waals surface area contributed by atoms with Crippen LogP contribution in [-0.2, 0) is 11.2 Å². The predicted octanol–water partition coefficient (Wildman–Crippen LogP) is 4.35. The molecule has 0 spiro atoms. The van der Waals surface area contributed by atoms with Crippen LogP contribution in [0.25, 0.3) is 5.69 Å². The van der Waals surface area contributed by atoms with Gasteiger partial charge in [-0.25, -0.2) is 13.5 Å². The van der Waals surface area contributed by atoms with Crippen LogP contribution in [0.1, 0.15) is 23.4 Å². The molecule has 7 heteroatoms.